The monoisotopic (exact) mass is 301 g/mol. The summed E-state index contributed by atoms with van der Waals surface area (Å²) in [7, 11) is 3.97. The fraction of sp³-hybridized carbons (Fsp3) is 0.600. The predicted octanol–water partition coefficient (Wildman–Crippen LogP) is 1.43. The lowest BCUT2D eigenvalue weighted by molar-refractivity contribution is 0.439. The van der Waals surface area contributed by atoms with Crippen molar-refractivity contribution in [2.24, 2.45) is 0 Å². The Morgan fingerprint density at radius 1 is 1.32 bits per heavy atom. The molecule has 2 aromatic heterocycles. The summed E-state index contributed by atoms with van der Waals surface area (Å²) in [5.41, 5.74) is 0.965. The van der Waals surface area contributed by atoms with Crippen LogP contribution in [0.4, 0.5) is 11.8 Å². The van der Waals surface area contributed by atoms with Crippen LogP contribution in [0.25, 0.3) is 0 Å². The van der Waals surface area contributed by atoms with Gasteiger partial charge in [-0.15, -0.1) is 0 Å². The second kappa shape index (κ2) is 5.90. The zero-order valence-corrected chi connectivity index (χ0v) is 13.7. The third kappa shape index (κ3) is 3.03. The Bertz CT molecular complexity index is 662. The highest BCUT2D eigenvalue weighted by molar-refractivity contribution is 5.43. The highest BCUT2D eigenvalue weighted by atomic mass is 15.4. The smallest absolute Gasteiger partial charge is 0.225 e. The second-order valence-electron chi connectivity index (χ2n) is 5.95. The number of hydrogen-bond donors (Lipinski definition) is 1. The molecule has 0 fully saturated rings. The highest BCUT2D eigenvalue weighted by Crippen LogP contribution is 2.18. The van der Waals surface area contributed by atoms with Crippen LogP contribution in [0.3, 0.4) is 0 Å². The lowest BCUT2D eigenvalue weighted by atomic mass is 10.1. The van der Waals surface area contributed by atoms with Crippen LogP contribution in [0, 0.1) is 6.92 Å². The maximum atomic E-state index is 4.56. The summed E-state index contributed by atoms with van der Waals surface area (Å²) in [5, 5.41) is 7.99. The first-order chi connectivity index (χ1) is 10.5. The van der Waals surface area contributed by atoms with E-state index in [0.717, 1.165) is 49.0 Å². The van der Waals surface area contributed by atoms with Gasteiger partial charge in [0.25, 0.3) is 0 Å². The zero-order valence-electron chi connectivity index (χ0n) is 13.7. The summed E-state index contributed by atoms with van der Waals surface area (Å²) in [6, 6.07) is 2.27. The molecule has 0 radical (unpaired) electrons. The van der Waals surface area contributed by atoms with Gasteiger partial charge >= 0.3 is 0 Å². The maximum Gasteiger partial charge on any atom is 0.225 e. The van der Waals surface area contributed by atoms with Gasteiger partial charge in [0.1, 0.15) is 11.6 Å². The number of anilines is 2. The third-order valence-corrected chi connectivity index (χ3v) is 3.85. The van der Waals surface area contributed by atoms with E-state index in [1.165, 1.54) is 0 Å². The molecule has 0 saturated heterocycles. The van der Waals surface area contributed by atoms with E-state index in [2.05, 4.69) is 32.3 Å². The van der Waals surface area contributed by atoms with E-state index in [1.807, 2.05) is 36.7 Å². The van der Waals surface area contributed by atoms with E-state index < -0.39 is 0 Å². The first kappa shape index (κ1) is 14.7. The summed E-state index contributed by atoms with van der Waals surface area (Å²) in [6.07, 6.45) is 2.85. The molecule has 7 nitrogen and oxygen atoms in total. The number of hydrogen-bond acceptors (Lipinski definition) is 6. The highest BCUT2D eigenvalue weighted by Gasteiger charge is 2.22. The Morgan fingerprint density at radius 3 is 2.86 bits per heavy atom. The SMILES string of the molecule is CCc1nc2n(n1)C[C@H](Nc1nc(C)cc(N(C)C)n1)CC2. The number of nitrogens with zero attached hydrogens (tertiary/aromatic N) is 6. The topological polar surface area (TPSA) is 71.8 Å². The molecular weight excluding hydrogens is 278 g/mol. The molecule has 0 unspecified atom stereocenters. The molecule has 118 valence electrons. The van der Waals surface area contributed by atoms with Crippen LogP contribution in [0.5, 0.6) is 0 Å². The van der Waals surface area contributed by atoms with Crippen LogP contribution in [-0.4, -0.2) is 44.9 Å². The summed E-state index contributed by atoms with van der Waals surface area (Å²) in [4.78, 5) is 15.6. The summed E-state index contributed by atoms with van der Waals surface area (Å²) < 4.78 is 2.02. The van der Waals surface area contributed by atoms with Gasteiger partial charge in [0.15, 0.2) is 5.82 Å². The van der Waals surface area contributed by atoms with Crippen molar-refractivity contribution in [1.29, 1.82) is 0 Å². The maximum absolute atomic E-state index is 4.56. The molecule has 3 heterocycles. The van der Waals surface area contributed by atoms with E-state index in [1.54, 1.807) is 0 Å². The summed E-state index contributed by atoms with van der Waals surface area (Å²) in [6.45, 7) is 4.89. The third-order valence-electron chi connectivity index (χ3n) is 3.85. The van der Waals surface area contributed by atoms with Gasteiger partial charge in [0.2, 0.25) is 5.95 Å². The Balaban J connectivity index is 1.74. The van der Waals surface area contributed by atoms with E-state index in [4.69, 9.17) is 0 Å². The van der Waals surface area contributed by atoms with E-state index >= 15 is 0 Å². The molecule has 0 spiro atoms. The fourth-order valence-corrected chi connectivity index (χ4v) is 2.66. The molecule has 1 N–H and O–H groups in total. The van der Waals surface area contributed by atoms with Gasteiger partial charge in [0.05, 0.1) is 6.54 Å². The van der Waals surface area contributed by atoms with E-state index in [0.29, 0.717) is 5.95 Å². The first-order valence-corrected chi connectivity index (χ1v) is 7.77. The molecule has 0 aliphatic carbocycles. The average Bonchev–Trinajstić information content (AvgIpc) is 2.89. The molecule has 1 aliphatic heterocycles. The Morgan fingerprint density at radius 2 is 2.14 bits per heavy atom. The first-order valence-electron chi connectivity index (χ1n) is 7.77. The quantitative estimate of drug-likeness (QED) is 0.921. The number of rotatable bonds is 4. The van der Waals surface area contributed by atoms with Crippen LogP contribution >= 0.6 is 0 Å². The number of aromatic nitrogens is 5. The van der Waals surface area contributed by atoms with Crippen LogP contribution < -0.4 is 10.2 Å². The lowest BCUT2D eigenvalue weighted by Gasteiger charge is -2.24. The van der Waals surface area contributed by atoms with Crippen LogP contribution in [0.2, 0.25) is 0 Å². The van der Waals surface area contributed by atoms with Crippen LogP contribution in [-0.2, 0) is 19.4 Å². The van der Waals surface area contributed by atoms with Gasteiger partial charge in [-0.2, -0.15) is 10.1 Å². The number of aryl methyl sites for hydroxylation is 3. The van der Waals surface area contributed by atoms with Crippen molar-refractivity contribution in [3.63, 3.8) is 0 Å². The minimum absolute atomic E-state index is 0.288. The van der Waals surface area contributed by atoms with Crippen molar-refractivity contribution in [2.75, 3.05) is 24.3 Å². The van der Waals surface area contributed by atoms with Gasteiger partial charge in [-0.3, -0.25) is 0 Å². The van der Waals surface area contributed by atoms with Crippen molar-refractivity contribution in [3.05, 3.63) is 23.4 Å². The summed E-state index contributed by atoms with van der Waals surface area (Å²) >= 11 is 0. The van der Waals surface area contributed by atoms with Crippen molar-refractivity contribution in [2.45, 2.75) is 45.7 Å². The predicted molar refractivity (Wildman–Crippen MR) is 86.2 cm³/mol. The molecule has 7 heteroatoms. The molecule has 0 saturated carbocycles. The standard InChI is InChI=1S/C15H23N7/c1-5-12-18-13-7-6-11(9-22(13)20-12)17-15-16-10(2)8-14(19-15)21(3)4/h8,11H,5-7,9H2,1-4H3,(H,16,17,19)/t11-/m1/s1. The van der Waals surface area contributed by atoms with Crippen molar-refractivity contribution < 1.29 is 0 Å². The largest absolute Gasteiger partial charge is 0.363 e. The molecule has 0 bridgehead atoms. The lowest BCUT2D eigenvalue weighted by Crippen LogP contribution is -2.32. The number of nitrogens with one attached hydrogen (secondary N) is 1. The van der Waals surface area contributed by atoms with E-state index in [9.17, 15) is 0 Å². The van der Waals surface area contributed by atoms with Crippen molar-refractivity contribution >= 4 is 11.8 Å². The Labute approximate surface area is 130 Å². The molecule has 3 rings (SSSR count). The van der Waals surface area contributed by atoms with E-state index in [-0.39, 0.29) is 6.04 Å². The van der Waals surface area contributed by atoms with Crippen LogP contribution in [0.15, 0.2) is 6.07 Å². The minimum atomic E-state index is 0.288. The number of fused-ring (bicyclic) bond motifs is 1. The zero-order chi connectivity index (χ0) is 15.7. The Kier molecular flexibility index (Phi) is 3.96. The fourth-order valence-electron chi connectivity index (χ4n) is 2.66. The molecule has 0 aromatic carbocycles. The normalized spacial score (nSPS) is 17.2. The van der Waals surface area contributed by atoms with Gasteiger partial charge < -0.3 is 10.2 Å². The average molecular weight is 301 g/mol. The van der Waals surface area contributed by atoms with Crippen molar-refractivity contribution in [3.8, 4) is 0 Å². The summed E-state index contributed by atoms with van der Waals surface area (Å²) in [5.74, 6) is 3.62. The van der Waals surface area contributed by atoms with Gasteiger partial charge in [-0.05, 0) is 13.3 Å². The molecule has 1 aliphatic rings. The minimum Gasteiger partial charge on any atom is -0.363 e. The van der Waals surface area contributed by atoms with Crippen LogP contribution in [0.1, 0.15) is 30.7 Å². The molecular formula is C15H23N7. The Hall–Kier alpha value is -2.18. The molecule has 22 heavy (non-hydrogen) atoms. The van der Waals surface area contributed by atoms with Gasteiger partial charge in [0, 0.05) is 44.7 Å². The van der Waals surface area contributed by atoms with Gasteiger partial charge in [-0.1, -0.05) is 6.92 Å². The second-order valence-corrected chi connectivity index (χ2v) is 5.95. The van der Waals surface area contributed by atoms with Gasteiger partial charge in [-0.25, -0.2) is 14.6 Å². The molecule has 1 atom stereocenters. The molecule has 2 aromatic rings. The molecule has 0 amide bonds. The van der Waals surface area contributed by atoms with Crippen molar-refractivity contribution in [1.82, 2.24) is 24.7 Å².